The molecule has 1 heterocycles. The van der Waals surface area contributed by atoms with E-state index >= 15 is 0 Å². The van der Waals surface area contributed by atoms with E-state index < -0.39 is 10.0 Å². The van der Waals surface area contributed by atoms with Gasteiger partial charge in [0.2, 0.25) is 15.9 Å². The SMILES string of the molecule is CNS(=O)(=O)c1ccc(/C=C/C(=O)Nc2cc(C(C)(C)C)nn2-c2ccc(F)cc2)cc1. The van der Waals surface area contributed by atoms with Crippen molar-refractivity contribution < 1.29 is 17.6 Å². The molecule has 0 saturated heterocycles. The average molecular weight is 457 g/mol. The van der Waals surface area contributed by atoms with Crippen LogP contribution in [0.5, 0.6) is 0 Å². The molecule has 1 amide bonds. The number of hydrogen-bond donors (Lipinski definition) is 2. The first kappa shape index (κ1) is 23.4. The summed E-state index contributed by atoms with van der Waals surface area (Å²) in [5, 5.41) is 7.39. The molecule has 168 valence electrons. The number of carbonyl (C=O) groups excluding carboxylic acids is 1. The third kappa shape index (κ3) is 5.49. The zero-order valence-electron chi connectivity index (χ0n) is 18.3. The van der Waals surface area contributed by atoms with E-state index in [1.807, 2.05) is 20.8 Å². The normalized spacial score (nSPS) is 12.3. The number of hydrogen-bond acceptors (Lipinski definition) is 4. The monoisotopic (exact) mass is 456 g/mol. The van der Waals surface area contributed by atoms with E-state index in [1.165, 1.54) is 37.4 Å². The number of benzene rings is 2. The Bertz CT molecular complexity index is 1240. The third-order valence-electron chi connectivity index (χ3n) is 4.69. The molecule has 0 bridgehead atoms. The molecule has 0 fully saturated rings. The molecule has 7 nitrogen and oxygen atoms in total. The molecule has 3 rings (SSSR count). The van der Waals surface area contributed by atoms with Gasteiger partial charge in [0, 0.05) is 17.6 Å². The molecule has 0 unspecified atom stereocenters. The van der Waals surface area contributed by atoms with Gasteiger partial charge in [-0.2, -0.15) is 5.10 Å². The fraction of sp³-hybridized carbons (Fsp3) is 0.217. The van der Waals surface area contributed by atoms with Crippen LogP contribution in [0.2, 0.25) is 0 Å². The van der Waals surface area contributed by atoms with Crippen molar-refractivity contribution in [1.82, 2.24) is 14.5 Å². The maximum atomic E-state index is 13.3. The van der Waals surface area contributed by atoms with Crippen LogP contribution in [0, 0.1) is 5.82 Å². The number of aromatic nitrogens is 2. The van der Waals surface area contributed by atoms with E-state index in [1.54, 1.807) is 41.1 Å². The van der Waals surface area contributed by atoms with Crippen molar-refractivity contribution in [1.29, 1.82) is 0 Å². The maximum Gasteiger partial charge on any atom is 0.249 e. The quantitative estimate of drug-likeness (QED) is 0.551. The summed E-state index contributed by atoms with van der Waals surface area (Å²) >= 11 is 0. The fourth-order valence-electron chi connectivity index (χ4n) is 2.83. The molecular formula is C23H25FN4O3S. The van der Waals surface area contributed by atoms with Gasteiger partial charge in [-0.25, -0.2) is 22.2 Å². The second-order valence-electron chi connectivity index (χ2n) is 8.15. The second-order valence-corrected chi connectivity index (χ2v) is 10.0. The summed E-state index contributed by atoms with van der Waals surface area (Å²) < 4.78 is 40.7. The zero-order valence-corrected chi connectivity index (χ0v) is 19.1. The molecule has 0 spiro atoms. The summed E-state index contributed by atoms with van der Waals surface area (Å²) in [6.07, 6.45) is 2.93. The Hall–Kier alpha value is -3.30. The summed E-state index contributed by atoms with van der Waals surface area (Å²) in [6, 6.07) is 13.7. The minimum atomic E-state index is -3.52. The molecule has 2 aromatic carbocycles. The van der Waals surface area contributed by atoms with E-state index in [0.717, 1.165) is 5.69 Å². The van der Waals surface area contributed by atoms with Crippen molar-refractivity contribution in [2.75, 3.05) is 12.4 Å². The van der Waals surface area contributed by atoms with Gasteiger partial charge in [0.05, 0.1) is 16.3 Å². The van der Waals surface area contributed by atoms with Crippen LogP contribution in [-0.4, -0.2) is 31.2 Å². The van der Waals surface area contributed by atoms with Crippen LogP contribution in [0.3, 0.4) is 0 Å². The molecule has 0 atom stereocenters. The van der Waals surface area contributed by atoms with Gasteiger partial charge in [0.1, 0.15) is 11.6 Å². The molecule has 2 N–H and O–H groups in total. The molecule has 9 heteroatoms. The number of rotatable bonds is 6. The van der Waals surface area contributed by atoms with E-state index in [2.05, 4.69) is 15.1 Å². The number of nitrogens with one attached hydrogen (secondary N) is 2. The Kier molecular flexibility index (Phi) is 6.61. The largest absolute Gasteiger partial charge is 0.307 e. The number of halogens is 1. The Morgan fingerprint density at radius 2 is 1.69 bits per heavy atom. The molecule has 0 radical (unpaired) electrons. The summed E-state index contributed by atoms with van der Waals surface area (Å²) in [7, 11) is -2.17. The van der Waals surface area contributed by atoms with E-state index in [4.69, 9.17) is 0 Å². The number of sulfonamides is 1. The summed E-state index contributed by atoms with van der Waals surface area (Å²) in [6.45, 7) is 6.02. The first-order valence-corrected chi connectivity index (χ1v) is 11.4. The average Bonchev–Trinajstić information content (AvgIpc) is 3.17. The number of nitrogens with zero attached hydrogens (tertiary/aromatic N) is 2. The molecule has 0 saturated carbocycles. The van der Waals surface area contributed by atoms with Gasteiger partial charge in [-0.05, 0) is 55.1 Å². The highest BCUT2D eigenvalue weighted by Gasteiger charge is 2.21. The van der Waals surface area contributed by atoms with E-state index in [-0.39, 0.29) is 22.0 Å². The molecule has 0 aliphatic rings. The van der Waals surface area contributed by atoms with Crippen LogP contribution in [0.4, 0.5) is 10.2 Å². The van der Waals surface area contributed by atoms with Crippen molar-refractivity contribution in [3.8, 4) is 5.69 Å². The lowest BCUT2D eigenvalue weighted by atomic mass is 9.92. The predicted octanol–water partition coefficient (Wildman–Crippen LogP) is 3.87. The van der Waals surface area contributed by atoms with Crippen LogP contribution in [0.15, 0.2) is 65.6 Å². The number of anilines is 1. The van der Waals surface area contributed by atoms with Crippen LogP contribution in [0.25, 0.3) is 11.8 Å². The highest BCUT2D eigenvalue weighted by atomic mass is 32.2. The van der Waals surface area contributed by atoms with Crippen molar-refractivity contribution in [3.63, 3.8) is 0 Å². The van der Waals surface area contributed by atoms with Gasteiger partial charge in [-0.3, -0.25) is 4.79 Å². The minimum absolute atomic E-state index is 0.138. The van der Waals surface area contributed by atoms with Crippen LogP contribution >= 0.6 is 0 Å². The number of carbonyl (C=O) groups is 1. The Balaban J connectivity index is 1.82. The first-order chi connectivity index (χ1) is 15.0. The summed E-state index contributed by atoms with van der Waals surface area (Å²) in [4.78, 5) is 12.7. The van der Waals surface area contributed by atoms with Gasteiger partial charge in [-0.15, -0.1) is 0 Å². The molecule has 3 aromatic rings. The Morgan fingerprint density at radius 1 is 1.06 bits per heavy atom. The maximum absolute atomic E-state index is 13.3. The highest BCUT2D eigenvalue weighted by molar-refractivity contribution is 7.89. The van der Waals surface area contributed by atoms with E-state index in [9.17, 15) is 17.6 Å². The second kappa shape index (κ2) is 9.05. The van der Waals surface area contributed by atoms with Crippen LogP contribution in [0.1, 0.15) is 32.0 Å². The fourth-order valence-corrected chi connectivity index (χ4v) is 3.56. The molecule has 0 aliphatic heterocycles. The predicted molar refractivity (Wildman–Crippen MR) is 123 cm³/mol. The Morgan fingerprint density at radius 3 is 2.25 bits per heavy atom. The highest BCUT2D eigenvalue weighted by Crippen LogP contribution is 2.26. The summed E-state index contributed by atoms with van der Waals surface area (Å²) in [5.41, 5.74) is 1.79. The number of amides is 1. The van der Waals surface area contributed by atoms with Crippen LogP contribution in [-0.2, 0) is 20.2 Å². The van der Waals surface area contributed by atoms with Gasteiger partial charge in [0.15, 0.2) is 0 Å². The lowest BCUT2D eigenvalue weighted by molar-refractivity contribution is -0.111. The van der Waals surface area contributed by atoms with Gasteiger partial charge >= 0.3 is 0 Å². The lowest BCUT2D eigenvalue weighted by Gasteiger charge is -2.14. The smallest absolute Gasteiger partial charge is 0.249 e. The minimum Gasteiger partial charge on any atom is -0.307 e. The van der Waals surface area contributed by atoms with Crippen molar-refractivity contribution in [2.45, 2.75) is 31.1 Å². The van der Waals surface area contributed by atoms with Gasteiger partial charge in [-0.1, -0.05) is 32.9 Å². The standard InChI is InChI=1S/C23H25FN4O3S/c1-23(2,3)20-15-21(28(27-20)18-10-8-17(24)9-11-18)26-22(29)14-7-16-5-12-19(13-6-16)32(30,31)25-4/h5-15,25H,1-4H3,(H,26,29)/b14-7+. The molecule has 1 aromatic heterocycles. The van der Waals surface area contributed by atoms with Gasteiger partial charge in [0.25, 0.3) is 0 Å². The van der Waals surface area contributed by atoms with Gasteiger partial charge < -0.3 is 5.32 Å². The molecular weight excluding hydrogens is 431 g/mol. The van der Waals surface area contributed by atoms with Crippen molar-refractivity contribution >= 4 is 27.8 Å². The molecule has 32 heavy (non-hydrogen) atoms. The Labute approximate surface area is 187 Å². The zero-order chi connectivity index (χ0) is 23.5. The third-order valence-corrected chi connectivity index (χ3v) is 6.12. The first-order valence-electron chi connectivity index (χ1n) is 9.89. The lowest BCUT2D eigenvalue weighted by Crippen LogP contribution is -2.18. The van der Waals surface area contributed by atoms with Crippen LogP contribution < -0.4 is 10.0 Å². The summed E-state index contributed by atoms with van der Waals surface area (Å²) in [5.74, 6) is -0.300. The van der Waals surface area contributed by atoms with Crippen molar-refractivity contribution in [3.05, 3.63) is 77.7 Å². The van der Waals surface area contributed by atoms with E-state index in [0.29, 0.717) is 17.1 Å². The van der Waals surface area contributed by atoms with Crippen molar-refractivity contribution in [2.24, 2.45) is 0 Å². The molecule has 0 aliphatic carbocycles. The topological polar surface area (TPSA) is 93.1 Å².